The molecule has 3 unspecified atom stereocenters. The van der Waals surface area contributed by atoms with Crippen LogP contribution in [0.1, 0.15) is 48.2 Å². The van der Waals surface area contributed by atoms with Gasteiger partial charge in [0.05, 0.1) is 19.8 Å². The number of carbonyl (C=O) groups excluding carboxylic acids is 4. The number of nitrogens with zero attached hydrogens (tertiary/aromatic N) is 1. The number of fused-ring (bicyclic) bond motifs is 2. The monoisotopic (exact) mass is 586 g/mol. The summed E-state index contributed by atoms with van der Waals surface area (Å²) in [4.78, 5) is 58.7. The van der Waals surface area contributed by atoms with Gasteiger partial charge in [0.2, 0.25) is 11.8 Å². The molecule has 2 aliphatic heterocycles. The fourth-order valence-electron chi connectivity index (χ4n) is 7.05. The average Bonchev–Trinajstić information content (AvgIpc) is 3.81. The number of Topliss-reactive ketones (excluding diaryl/α,β-unsaturated/α-hetero) is 1. The molecular formula is C33H38N4O6. The first kappa shape index (κ1) is 28.9. The van der Waals surface area contributed by atoms with Crippen molar-refractivity contribution in [2.75, 3.05) is 26.8 Å². The molecule has 0 bridgehead atoms. The Labute approximate surface area is 250 Å². The number of rotatable bonds is 11. The molecule has 2 aromatic carbocycles. The highest BCUT2D eigenvalue weighted by molar-refractivity contribution is 6.02. The summed E-state index contributed by atoms with van der Waals surface area (Å²) in [5.74, 6) is -0.471. The van der Waals surface area contributed by atoms with Gasteiger partial charge < -0.3 is 30.0 Å². The predicted molar refractivity (Wildman–Crippen MR) is 159 cm³/mol. The molecule has 1 aromatic heterocycles. The van der Waals surface area contributed by atoms with E-state index in [2.05, 4.69) is 15.6 Å². The van der Waals surface area contributed by atoms with Crippen molar-refractivity contribution in [2.24, 2.45) is 17.8 Å². The van der Waals surface area contributed by atoms with Gasteiger partial charge in [0.1, 0.15) is 24.1 Å². The second-order valence-corrected chi connectivity index (χ2v) is 11.9. The standard InChI is InChI=1S/C33H38N4O6/c1-42-29-12-6-11-25-24(29)16-27(35-25)33(41)37-17-22-9-5-10-23(22)30(37)32(40)36-26(15-21-13-14-34-31(21)39)28(38)19-43-18-20-7-3-2-4-8-20/h2-4,6-8,11-12,16,21-23,26,30,35H,5,9-10,13-15,17-19H2,1H3,(H,34,39)(H,36,40)/t21-,22?,23?,26-,30?/m0/s1. The summed E-state index contributed by atoms with van der Waals surface area (Å²) in [6.07, 6.45) is 3.60. The normalized spacial score (nSPS) is 23.7. The van der Waals surface area contributed by atoms with Gasteiger partial charge in [-0.15, -0.1) is 0 Å². The lowest BCUT2D eigenvalue weighted by molar-refractivity contribution is -0.134. The molecule has 3 aliphatic rings. The number of likely N-dealkylation sites (tertiary alicyclic amines) is 1. The van der Waals surface area contributed by atoms with Crippen molar-refractivity contribution < 1.29 is 28.7 Å². The van der Waals surface area contributed by atoms with Gasteiger partial charge in [0, 0.05) is 29.9 Å². The third-order valence-electron chi connectivity index (χ3n) is 9.24. The zero-order valence-electron chi connectivity index (χ0n) is 24.3. The number of carbonyl (C=O) groups is 4. The fourth-order valence-corrected chi connectivity index (χ4v) is 7.05. The lowest BCUT2D eigenvalue weighted by Gasteiger charge is -2.29. The highest BCUT2D eigenvalue weighted by Gasteiger charge is 2.50. The molecule has 0 radical (unpaired) electrons. The molecule has 3 amide bonds. The van der Waals surface area contributed by atoms with E-state index in [1.807, 2.05) is 48.5 Å². The van der Waals surface area contributed by atoms with Crippen LogP contribution in [0.25, 0.3) is 10.9 Å². The van der Waals surface area contributed by atoms with Gasteiger partial charge >= 0.3 is 0 Å². The van der Waals surface area contributed by atoms with E-state index in [0.717, 1.165) is 35.7 Å². The molecule has 2 saturated heterocycles. The number of ether oxygens (including phenoxy) is 2. The first-order valence-corrected chi connectivity index (χ1v) is 15.1. The van der Waals surface area contributed by atoms with E-state index in [4.69, 9.17) is 9.47 Å². The molecule has 10 nitrogen and oxygen atoms in total. The van der Waals surface area contributed by atoms with Crippen LogP contribution in [0.4, 0.5) is 0 Å². The summed E-state index contributed by atoms with van der Waals surface area (Å²) in [6.45, 7) is 1.11. The summed E-state index contributed by atoms with van der Waals surface area (Å²) in [6, 6.07) is 15.3. The van der Waals surface area contributed by atoms with Crippen molar-refractivity contribution >= 4 is 34.4 Å². The number of hydrogen-bond acceptors (Lipinski definition) is 6. The maximum Gasteiger partial charge on any atom is 0.271 e. The Balaban J connectivity index is 1.20. The van der Waals surface area contributed by atoms with Crippen molar-refractivity contribution in [1.82, 2.24) is 20.5 Å². The van der Waals surface area contributed by atoms with Crippen LogP contribution in [0, 0.1) is 17.8 Å². The Hall–Kier alpha value is -4.18. The number of nitrogens with one attached hydrogen (secondary N) is 3. The van der Waals surface area contributed by atoms with Gasteiger partial charge in [-0.3, -0.25) is 19.2 Å². The third-order valence-corrected chi connectivity index (χ3v) is 9.24. The zero-order valence-corrected chi connectivity index (χ0v) is 24.3. The lowest BCUT2D eigenvalue weighted by Crippen LogP contribution is -2.53. The highest BCUT2D eigenvalue weighted by atomic mass is 16.5. The number of amides is 3. The zero-order chi connectivity index (χ0) is 29.9. The third kappa shape index (κ3) is 6.01. The SMILES string of the molecule is COc1cccc2[nH]c(C(=O)N3CC4CCCC4C3C(=O)N[C@@H](C[C@@H]3CCNC3=O)C(=O)COCc3ccccc3)cc12. The molecule has 43 heavy (non-hydrogen) atoms. The molecule has 3 heterocycles. The lowest BCUT2D eigenvalue weighted by atomic mass is 9.92. The number of aromatic amines is 1. The molecule has 1 saturated carbocycles. The van der Waals surface area contributed by atoms with Gasteiger partial charge in [-0.1, -0.05) is 42.8 Å². The molecule has 3 aromatic rings. The largest absolute Gasteiger partial charge is 0.496 e. The molecule has 5 atom stereocenters. The van der Waals surface area contributed by atoms with Crippen LogP contribution in [0.15, 0.2) is 54.6 Å². The van der Waals surface area contributed by atoms with Crippen LogP contribution in [-0.4, -0.2) is 72.3 Å². The van der Waals surface area contributed by atoms with E-state index >= 15 is 0 Å². The second-order valence-electron chi connectivity index (χ2n) is 11.9. The molecule has 3 N–H and O–H groups in total. The van der Waals surface area contributed by atoms with Crippen molar-refractivity contribution in [3.8, 4) is 5.75 Å². The predicted octanol–water partition coefficient (Wildman–Crippen LogP) is 3.21. The number of benzene rings is 2. The van der Waals surface area contributed by atoms with E-state index in [0.29, 0.717) is 31.0 Å². The van der Waals surface area contributed by atoms with Crippen LogP contribution in [-0.2, 0) is 25.7 Å². The molecule has 0 spiro atoms. The molecule has 1 aliphatic carbocycles. The smallest absolute Gasteiger partial charge is 0.271 e. The molecule has 3 fully saturated rings. The molecule has 10 heteroatoms. The number of hydrogen-bond donors (Lipinski definition) is 3. The van der Waals surface area contributed by atoms with Crippen LogP contribution >= 0.6 is 0 Å². The highest BCUT2D eigenvalue weighted by Crippen LogP contribution is 2.43. The number of H-pyrrole nitrogens is 1. The minimum atomic E-state index is -0.896. The topological polar surface area (TPSA) is 130 Å². The van der Waals surface area contributed by atoms with Gasteiger partial charge in [-0.2, -0.15) is 0 Å². The summed E-state index contributed by atoms with van der Waals surface area (Å²) in [5, 5.41) is 6.59. The van der Waals surface area contributed by atoms with E-state index in [-0.39, 0.29) is 60.9 Å². The first-order valence-electron chi connectivity index (χ1n) is 15.1. The molecule has 226 valence electrons. The van der Waals surface area contributed by atoms with Crippen LogP contribution in [0.2, 0.25) is 0 Å². The minimum Gasteiger partial charge on any atom is -0.496 e. The quantitative estimate of drug-likeness (QED) is 0.317. The second kappa shape index (κ2) is 12.6. The maximum absolute atomic E-state index is 14.0. The Kier molecular flexibility index (Phi) is 8.47. The summed E-state index contributed by atoms with van der Waals surface area (Å²) < 4.78 is 11.2. The van der Waals surface area contributed by atoms with Gasteiger partial charge in [0.25, 0.3) is 5.91 Å². The average molecular weight is 587 g/mol. The van der Waals surface area contributed by atoms with E-state index in [1.165, 1.54) is 0 Å². The molecular weight excluding hydrogens is 548 g/mol. The number of ketones is 1. The van der Waals surface area contributed by atoms with Crippen LogP contribution in [0.3, 0.4) is 0 Å². The number of methoxy groups -OCH3 is 1. The molecule has 6 rings (SSSR count). The Morgan fingerprint density at radius 1 is 1.07 bits per heavy atom. The van der Waals surface area contributed by atoms with Crippen molar-refractivity contribution in [3.63, 3.8) is 0 Å². The summed E-state index contributed by atoms with van der Waals surface area (Å²) >= 11 is 0. The van der Waals surface area contributed by atoms with Gasteiger partial charge in [-0.25, -0.2) is 0 Å². The maximum atomic E-state index is 14.0. The van der Waals surface area contributed by atoms with E-state index in [1.54, 1.807) is 18.1 Å². The van der Waals surface area contributed by atoms with Crippen LogP contribution in [0.5, 0.6) is 5.75 Å². The number of aromatic nitrogens is 1. The van der Waals surface area contributed by atoms with Crippen molar-refractivity contribution in [2.45, 2.75) is 50.8 Å². The fraction of sp³-hybridized carbons (Fsp3) is 0.455. The van der Waals surface area contributed by atoms with E-state index < -0.39 is 12.1 Å². The summed E-state index contributed by atoms with van der Waals surface area (Å²) in [5.41, 5.74) is 2.11. The minimum absolute atomic E-state index is 0.0164. The van der Waals surface area contributed by atoms with Gasteiger partial charge in [0.15, 0.2) is 5.78 Å². The Bertz CT molecular complexity index is 1500. The Morgan fingerprint density at radius 2 is 1.91 bits per heavy atom. The van der Waals surface area contributed by atoms with Gasteiger partial charge in [-0.05, 0) is 61.3 Å². The first-order chi connectivity index (χ1) is 20.9. The van der Waals surface area contributed by atoms with Crippen molar-refractivity contribution in [1.29, 1.82) is 0 Å². The van der Waals surface area contributed by atoms with Crippen LogP contribution < -0.4 is 15.4 Å². The Morgan fingerprint density at radius 3 is 2.67 bits per heavy atom. The summed E-state index contributed by atoms with van der Waals surface area (Å²) in [7, 11) is 1.59. The van der Waals surface area contributed by atoms with E-state index in [9.17, 15) is 19.2 Å². The van der Waals surface area contributed by atoms with Crippen molar-refractivity contribution in [3.05, 3.63) is 65.9 Å².